The molecule has 1 amide bonds. The largest absolute Gasteiger partial charge is 0.476 e. The minimum absolute atomic E-state index is 0.0564. The Hall–Kier alpha value is -2.54. The fourth-order valence-corrected chi connectivity index (χ4v) is 4.08. The van der Waals surface area contributed by atoms with Crippen LogP contribution in [0.3, 0.4) is 0 Å². The number of aryl methyl sites for hydroxylation is 1. The summed E-state index contributed by atoms with van der Waals surface area (Å²) in [6, 6.07) is 13.3. The van der Waals surface area contributed by atoms with Gasteiger partial charge in [0.15, 0.2) is 6.10 Å². The second-order valence-corrected chi connectivity index (χ2v) is 10.4. The molecule has 7 heteroatoms. The molecule has 1 aliphatic rings. The topological polar surface area (TPSA) is 75.7 Å². The van der Waals surface area contributed by atoms with E-state index in [1.165, 1.54) is 4.31 Å². The molecule has 1 unspecified atom stereocenters. The number of fused-ring (bicyclic) bond motifs is 1. The normalized spacial score (nSPS) is 16.7. The summed E-state index contributed by atoms with van der Waals surface area (Å²) >= 11 is 0. The summed E-state index contributed by atoms with van der Waals surface area (Å²) < 4.78 is 32.0. The van der Waals surface area contributed by atoms with Crippen molar-refractivity contribution in [3.63, 3.8) is 0 Å². The quantitative estimate of drug-likeness (QED) is 0.831. The first-order valence-corrected chi connectivity index (χ1v) is 11.4. The van der Waals surface area contributed by atoms with E-state index in [2.05, 4.69) is 26.1 Å². The van der Waals surface area contributed by atoms with Gasteiger partial charge < -0.3 is 10.1 Å². The van der Waals surface area contributed by atoms with Crippen LogP contribution in [-0.2, 0) is 26.8 Å². The van der Waals surface area contributed by atoms with Gasteiger partial charge in [-0.05, 0) is 35.6 Å². The maximum atomic E-state index is 12.7. The van der Waals surface area contributed by atoms with E-state index in [9.17, 15) is 13.2 Å². The van der Waals surface area contributed by atoms with Crippen LogP contribution in [0.25, 0.3) is 0 Å². The van der Waals surface area contributed by atoms with E-state index in [4.69, 9.17) is 4.74 Å². The minimum Gasteiger partial charge on any atom is -0.476 e. The van der Waals surface area contributed by atoms with Crippen molar-refractivity contribution >= 4 is 21.6 Å². The van der Waals surface area contributed by atoms with Gasteiger partial charge in [0.05, 0.1) is 18.5 Å². The molecule has 3 rings (SSSR count). The molecule has 0 aromatic heterocycles. The molecule has 1 aliphatic heterocycles. The zero-order valence-electron chi connectivity index (χ0n) is 17.5. The lowest BCUT2D eigenvalue weighted by Crippen LogP contribution is -2.50. The maximum Gasteiger partial charge on any atom is 0.263 e. The van der Waals surface area contributed by atoms with Crippen molar-refractivity contribution in [2.75, 3.05) is 17.1 Å². The third-order valence-corrected chi connectivity index (χ3v) is 6.12. The number of carbonyl (C=O) groups is 1. The van der Waals surface area contributed by atoms with Gasteiger partial charge >= 0.3 is 0 Å². The molecule has 0 spiro atoms. The molecular formula is C22H28N2O4S. The van der Waals surface area contributed by atoms with E-state index in [1.54, 1.807) is 6.07 Å². The molecule has 2 aromatic rings. The van der Waals surface area contributed by atoms with Gasteiger partial charge in [-0.25, -0.2) is 8.42 Å². The van der Waals surface area contributed by atoms with Crippen LogP contribution in [0.15, 0.2) is 42.5 Å². The molecule has 0 fully saturated rings. The molecule has 156 valence electrons. The van der Waals surface area contributed by atoms with E-state index in [0.717, 1.165) is 22.9 Å². The van der Waals surface area contributed by atoms with Crippen molar-refractivity contribution in [1.82, 2.24) is 5.32 Å². The van der Waals surface area contributed by atoms with Gasteiger partial charge in [0.25, 0.3) is 5.91 Å². The number of sulfonamides is 1. The van der Waals surface area contributed by atoms with Gasteiger partial charge in [0, 0.05) is 6.54 Å². The zero-order valence-corrected chi connectivity index (χ0v) is 18.3. The molecule has 0 bridgehead atoms. The number of rotatable bonds is 4. The SMILES string of the molecule is Cc1ccc(CNC(=O)C2CN(S(C)(=O)=O)c3cc(C(C)(C)C)ccc3O2)cc1. The average Bonchev–Trinajstić information content (AvgIpc) is 2.64. The Morgan fingerprint density at radius 1 is 1.17 bits per heavy atom. The summed E-state index contributed by atoms with van der Waals surface area (Å²) in [5, 5.41) is 2.84. The van der Waals surface area contributed by atoms with Crippen LogP contribution in [0, 0.1) is 6.92 Å². The molecule has 0 saturated carbocycles. The van der Waals surface area contributed by atoms with Gasteiger partial charge in [-0.1, -0.05) is 56.7 Å². The molecule has 0 radical (unpaired) electrons. The number of ether oxygens (including phenoxy) is 1. The first-order chi connectivity index (χ1) is 13.4. The monoisotopic (exact) mass is 416 g/mol. The van der Waals surface area contributed by atoms with E-state index in [0.29, 0.717) is 18.0 Å². The summed E-state index contributed by atoms with van der Waals surface area (Å²) in [4.78, 5) is 12.7. The van der Waals surface area contributed by atoms with Crippen LogP contribution >= 0.6 is 0 Å². The Morgan fingerprint density at radius 2 is 1.83 bits per heavy atom. The highest BCUT2D eigenvalue weighted by Gasteiger charge is 2.35. The van der Waals surface area contributed by atoms with E-state index >= 15 is 0 Å². The smallest absolute Gasteiger partial charge is 0.263 e. The highest BCUT2D eigenvalue weighted by Crippen LogP contribution is 2.38. The van der Waals surface area contributed by atoms with Gasteiger partial charge in [-0.15, -0.1) is 0 Å². The molecule has 1 atom stereocenters. The number of carbonyl (C=O) groups excluding carboxylic acids is 1. The van der Waals surface area contributed by atoms with Crippen LogP contribution in [-0.4, -0.2) is 33.2 Å². The molecule has 29 heavy (non-hydrogen) atoms. The first-order valence-electron chi connectivity index (χ1n) is 9.57. The van der Waals surface area contributed by atoms with Gasteiger partial charge in [-0.3, -0.25) is 9.10 Å². The predicted octanol–water partition coefficient (Wildman–Crippen LogP) is 3.14. The third kappa shape index (κ3) is 4.90. The lowest BCUT2D eigenvalue weighted by atomic mass is 9.86. The number of amides is 1. The number of anilines is 1. The van der Waals surface area contributed by atoms with Crippen molar-refractivity contribution in [2.45, 2.75) is 45.8 Å². The fraction of sp³-hybridized carbons (Fsp3) is 0.409. The summed E-state index contributed by atoms with van der Waals surface area (Å²) in [7, 11) is -3.57. The molecular weight excluding hydrogens is 388 g/mol. The highest BCUT2D eigenvalue weighted by atomic mass is 32.2. The van der Waals surface area contributed by atoms with Gasteiger partial charge in [-0.2, -0.15) is 0 Å². The van der Waals surface area contributed by atoms with Crippen molar-refractivity contribution in [3.8, 4) is 5.75 Å². The van der Waals surface area contributed by atoms with E-state index in [-0.39, 0.29) is 17.9 Å². The number of hydrogen-bond donors (Lipinski definition) is 1. The number of nitrogens with zero attached hydrogens (tertiary/aromatic N) is 1. The fourth-order valence-electron chi connectivity index (χ4n) is 3.18. The Bertz CT molecular complexity index is 1010. The number of benzene rings is 2. The Kier molecular flexibility index (Phi) is 5.63. The van der Waals surface area contributed by atoms with Crippen LogP contribution in [0.1, 0.15) is 37.5 Å². The van der Waals surface area contributed by atoms with E-state index < -0.39 is 16.1 Å². The summed E-state index contributed by atoms with van der Waals surface area (Å²) in [5.74, 6) is 0.0509. The van der Waals surface area contributed by atoms with Gasteiger partial charge in [0.2, 0.25) is 10.0 Å². The van der Waals surface area contributed by atoms with Crippen molar-refractivity contribution in [1.29, 1.82) is 0 Å². The van der Waals surface area contributed by atoms with Crippen LogP contribution in [0.4, 0.5) is 5.69 Å². The lowest BCUT2D eigenvalue weighted by Gasteiger charge is -2.35. The summed E-state index contributed by atoms with van der Waals surface area (Å²) in [5.41, 5.74) is 3.44. The standard InChI is InChI=1S/C22H28N2O4S/c1-15-6-8-16(9-7-15)13-23-21(25)20-14-24(29(5,26)27)18-12-17(22(2,3)4)10-11-19(18)28-20/h6-12,20H,13-14H2,1-5H3,(H,23,25). The molecule has 0 saturated heterocycles. The molecule has 2 aromatic carbocycles. The second-order valence-electron chi connectivity index (χ2n) is 8.54. The first kappa shape index (κ1) is 21.2. The second kappa shape index (κ2) is 7.71. The summed E-state index contributed by atoms with van der Waals surface area (Å²) in [6.45, 7) is 8.48. The van der Waals surface area contributed by atoms with Crippen molar-refractivity contribution in [3.05, 3.63) is 59.2 Å². The zero-order chi connectivity index (χ0) is 21.4. The molecule has 6 nitrogen and oxygen atoms in total. The number of nitrogens with one attached hydrogen (secondary N) is 1. The third-order valence-electron chi connectivity index (χ3n) is 4.97. The van der Waals surface area contributed by atoms with Crippen molar-refractivity contribution in [2.24, 2.45) is 0 Å². The Balaban J connectivity index is 1.82. The maximum absolute atomic E-state index is 12.7. The van der Waals surface area contributed by atoms with E-state index in [1.807, 2.05) is 43.3 Å². The van der Waals surface area contributed by atoms with Crippen molar-refractivity contribution < 1.29 is 17.9 Å². The predicted molar refractivity (Wildman–Crippen MR) is 115 cm³/mol. The Labute approximate surface area is 172 Å². The Morgan fingerprint density at radius 3 is 2.41 bits per heavy atom. The van der Waals surface area contributed by atoms with Crippen LogP contribution in [0.5, 0.6) is 5.75 Å². The lowest BCUT2D eigenvalue weighted by molar-refractivity contribution is -0.127. The molecule has 1 N–H and O–H groups in total. The van der Waals surface area contributed by atoms with Crippen LogP contribution < -0.4 is 14.4 Å². The summed E-state index contributed by atoms with van der Waals surface area (Å²) in [6.07, 6.45) is 0.232. The number of hydrogen-bond acceptors (Lipinski definition) is 4. The highest BCUT2D eigenvalue weighted by molar-refractivity contribution is 7.92. The minimum atomic E-state index is -3.57. The van der Waals surface area contributed by atoms with Gasteiger partial charge in [0.1, 0.15) is 5.75 Å². The molecule has 1 heterocycles. The average molecular weight is 417 g/mol. The van der Waals surface area contributed by atoms with Crippen LogP contribution in [0.2, 0.25) is 0 Å². The molecule has 0 aliphatic carbocycles.